The van der Waals surface area contributed by atoms with E-state index in [0.717, 1.165) is 38.0 Å². The number of alkyl halides is 2. The Labute approximate surface area is 126 Å². The van der Waals surface area contributed by atoms with Crippen molar-refractivity contribution in [2.24, 2.45) is 29.6 Å². The zero-order chi connectivity index (χ0) is 14.5. The molecule has 0 aliphatic heterocycles. The van der Waals surface area contributed by atoms with Gasteiger partial charge in [0.25, 0.3) is 0 Å². The van der Waals surface area contributed by atoms with Crippen LogP contribution in [0.3, 0.4) is 0 Å². The molecule has 4 heteroatoms. The van der Waals surface area contributed by atoms with E-state index >= 15 is 4.39 Å². The SMILES string of the molecule is CC1CCC(C2CC3CCC(P)C(F)C3C2(F)P)CC1. The third-order valence-electron chi connectivity index (χ3n) is 6.40. The lowest BCUT2D eigenvalue weighted by molar-refractivity contribution is 0.0369. The van der Waals surface area contributed by atoms with Gasteiger partial charge in [0.15, 0.2) is 0 Å². The molecule has 3 rings (SSSR count). The first kappa shape index (κ1) is 15.6. The molecule has 20 heavy (non-hydrogen) atoms. The van der Waals surface area contributed by atoms with Gasteiger partial charge in [-0.05, 0) is 55.8 Å². The second kappa shape index (κ2) is 5.73. The maximum atomic E-state index is 15.4. The van der Waals surface area contributed by atoms with E-state index in [4.69, 9.17) is 0 Å². The van der Waals surface area contributed by atoms with Crippen LogP contribution in [0, 0.1) is 29.6 Å². The smallest absolute Gasteiger partial charge is 0.132 e. The van der Waals surface area contributed by atoms with Crippen LogP contribution in [0.15, 0.2) is 0 Å². The molecule has 0 aromatic heterocycles. The van der Waals surface area contributed by atoms with Gasteiger partial charge in [0, 0.05) is 11.6 Å². The molecule has 116 valence electrons. The van der Waals surface area contributed by atoms with Gasteiger partial charge in [-0.1, -0.05) is 29.0 Å². The van der Waals surface area contributed by atoms with E-state index in [1.807, 2.05) is 0 Å². The third kappa shape index (κ3) is 2.58. The van der Waals surface area contributed by atoms with Crippen molar-refractivity contribution in [3.63, 3.8) is 0 Å². The summed E-state index contributed by atoms with van der Waals surface area (Å²) >= 11 is 0. The van der Waals surface area contributed by atoms with Crippen molar-refractivity contribution in [1.29, 1.82) is 0 Å². The molecule has 0 nitrogen and oxygen atoms in total. The molecule has 3 saturated carbocycles. The first-order chi connectivity index (χ1) is 9.41. The van der Waals surface area contributed by atoms with E-state index in [0.29, 0.717) is 5.92 Å². The summed E-state index contributed by atoms with van der Waals surface area (Å²) in [4.78, 5) is 0. The van der Waals surface area contributed by atoms with E-state index < -0.39 is 11.6 Å². The molecule has 0 aromatic rings. The van der Waals surface area contributed by atoms with Crippen molar-refractivity contribution in [2.75, 3.05) is 0 Å². The Balaban J connectivity index is 1.77. The summed E-state index contributed by atoms with van der Waals surface area (Å²) in [6.07, 6.45) is 6.60. The Morgan fingerprint density at radius 2 is 1.60 bits per heavy atom. The first-order valence-corrected chi connectivity index (χ1v) is 9.53. The summed E-state index contributed by atoms with van der Waals surface area (Å²) in [6, 6.07) is 0. The van der Waals surface area contributed by atoms with Crippen molar-refractivity contribution in [2.45, 2.75) is 69.1 Å². The molecule has 0 spiro atoms. The fraction of sp³-hybridized carbons (Fsp3) is 1.00. The molecule has 0 N–H and O–H groups in total. The van der Waals surface area contributed by atoms with Crippen LogP contribution in [0.4, 0.5) is 8.78 Å². The molecule has 0 bridgehead atoms. The van der Waals surface area contributed by atoms with Crippen molar-refractivity contribution < 1.29 is 8.78 Å². The molecule has 0 amide bonds. The second-order valence-corrected chi connectivity index (χ2v) is 9.40. The lowest BCUT2D eigenvalue weighted by Gasteiger charge is -2.40. The van der Waals surface area contributed by atoms with E-state index in [9.17, 15) is 4.39 Å². The molecule has 8 unspecified atom stereocenters. The van der Waals surface area contributed by atoms with Crippen molar-refractivity contribution in [3.05, 3.63) is 0 Å². The maximum absolute atomic E-state index is 15.4. The average Bonchev–Trinajstić information content (AvgIpc) is 2.67. The van der Waals surface area contributed by atoms with Crippen LogP contribution in [-0.4, -0.2) is 17.2 Å². The first-order valence-electron chi connectivity index (χ1n) is 8.28. The quantitative estimate of drug-likeness (QED) is 0.598. The summed E-state index contributed by atoms with van der Waals surface area (Å²) in [5, 5.41) is -1.37. The van der Waals surface area contributed by atoms with Crippen LogP contribution >= 0.6 is 18.5 Å². The minimum atomic E-state index is -1.37. The van der Waals surface area contributed by atoms with Gasteiger partial charge in [0.2, 0.25) is 0 Å². The standard InChI is InChI=1S/C16H28F2P2/c1-9-2-4-10(5-3-9)12-8-11-6-7-13(19)15(17)14(11)16(12,18)20/h9-15H,2-8,19-20H2,1H3. The fourth-order valence-corrected chi connectivity index (χ4v) is 6.43. The second-order valence-electron chi connectivity index (χ2n) is 7.66. The van der Waals surface area contributed by atoms with Gasteiger partial charge >= 0.3 is 0 Å². The summed E-state index contributed by atoms with van der Waals surface area (Å²) in [5.74, 6) is 1.23. The van der Waals surface area contributed by atoms with Crippen molar-refractivity contribution in [1.82, 2.24) is 0 Å². The summed E-state index contributed by atoms with van der Waals surface area (Å²) in [5.41, 5.74) is -0.0444. The molecular formula is C16H28F2P2. The predicted molar refractivity (Wildman–Crippen MR) is 87.4 cm³/mol. The third-order valence-corrected chi connectivity index (χ3v) is 7.91. The highest BCUT2D eigenvalue weighted by Crippen LogP contribution is 2.61. The van der Waals surface area contributed by atoms with E-state index in [1.165, 1.54) is 12.8 Å². The van der Waals surface area contributed by atoms with Gasteiger partial charge in [-0.3, -0.25) is 0 Å². The highest BCUT2D eigenvalue weighted by atomic mass is 31.0. The molecule has 0 saturated heterocycles. The Morgan fingerprint density at radius 1 is 1.00 bits per heavy atom. The Morgan fingerprint density at radius 3 is 2.25 bits per heavy atom. The highest BCUT2D eigenvalue weighted by Gasteiger charge is 2.60. The molecule has 3 aliphatic carbocycles. The van der Waals surface area contributed by atoms with Gasteiger partial charge in [-0.2, -0.15) is 0 Å². The lowest BCUT2D eigenvalue weighted by atomic mass is 9.74. The summed E-state index contributed by atoms with van der Waals surface area (Å²) in [7, 11) is 5.05. The van der Waals surface area contributed by atoms with Gasteiger partial charge < -0.3 is 0 Å². The Kier molecular flexibility index (Phi) is 4.47. The molecule has 0 radical (unpaired) electrons. The minimum Gasteiger partial charge on any atom is -0.246 e. The van der Waals surface area contributed by atoms with Gasteiger partial charge in [0.05, 0.1) is 0 Å². The fourth-order valence-electron chi connectivity index (χ4n) is 5.14. The minimum absolute atomic E-state index is 0.0444. The predicted octanol–water partition coefficient (Wildman–Crippen LogP) is 4.98. The van der Waals surface area contributed by atoms with E-state index in [2.05, 4.69) is 25.4 Å². The van der Waals surface area contributed by atoms with Crippen LogP contribution in [0.25, 0.3) is 0 Å². The lowest BCUT2D eigenvalue weighted by Crippen LogP contribution is -2.44. The highest BCUT2D eigenvalue weighted by molar-refractivity contribution is 7.19. The Bertz CT molecular complexity index is 352. The molecule has 3 aliphatic rings. The van der Waals surface area contributed by atoms with Crippen LogP contribution in [0.5, 0.6) is 0 Å². The number of halogens is 2. The largest absolute Gasteiger partial charge is 0.246 e. The normalized spacial score (nSPS) is 56.5. The average molecular weight is 320 g/mol. The van der Waals surface area contributed by atoms with Gasteiger partial charge in [-0.15, -0.1) is 9.24 Å². The number of rotatable bonds is 1. The number of fused-ring (bicyclic) bond motifs is 1. The van der Waals surface area contributed by atoms with Crippen molar-refractivity contribution in [3.8, 4) is 0 Å². The molecule has 3 fully saturated rings. The zero-order valence-electron chi connectivity index (χ0n) is 12.4. The van der Waals surface area contributed by atoms with E-state index in [-0.39, 0.29) is 23.4 Å². The summed E-state index contributed by atoms with van der Waals surface area (Å²) < 4.78 is 30.0. The topological polar surface area (TPSA) is 0 Å². The van der Waals surface area contributed by atoms with Gasteiger partial charge in [0.1, 0.15) is 11.6 Å². The van der Waals surface area contributed by atoms with Crippen LogP contribution in [0.2, 0.25) is 0 Å². The number of hydrogen-bond acceptors (Lipinski definition) is 0. The maximum Gasteiger partial charge on any atom is 0.132 e. The Hall–Kier alpha value is 0.720. The molecule has 8 atom stereocenters. The molecule has 0 aromatic carbocycles. The van der Waals surface area contributed by atoms with Gasteiger partial charge in [-0.25, -0.2) is 8.78 Å². The number of hydrogen-bond donors (Lipinski definition) is 0. The zero-order valence-corrected chi connectivity index (χ0v) is 14.7. The van der Waals surface area contributed by atoms with E-state index in [1.54, 1.807) is 0 Å². The monoisotopic (exact) mass is 320 g/mol. The molecule has 0 heterocycles. The molecular weight excluding hydrogens is 292 g/mol. The van der Waals surface area contributed by atoms with Crippen LogP contribution < -0.4 is 0 Å². The summed E-state index contributed by atoms with van der Waals surface area (Å²) in [6.45, 7) is 2.30. The van der Waals surface area contributed by atoms with Crippen LogP contribution in [-0.2, 0) is 0 Å². The van der Waals surface area contributed by atoms with Crippen LogP contribution in [0.1, 0.15) is 51.9 Å². The van der Waals surface area contributed by atoms with Crippen molar-refractivity contribution >= 4 is 18.5 Å².